The molecule has 0 amide bonds. The van der Waals surface area contributed by atoms with Crippen molar-refractivity contribution in [1.29, 1.82) is 0 Å². The van der Waals surface area contributed by atoms with Crippen molar-refractivity contribution in [2.45, 2.75) is 6.92 Å². The SMILES string of the molecule is CCOCNS(=O)(=O)NCOCNc1ccc(O)cc1. The van der Waals surface area contributed by atoms with Crippen LogP contribution in [0.3, 0.4) is 0 Å². The van der Waals surface area contributed by atoms with Gasteiger partial charge in [0.25, 0.3) is 10.2 Å². The van der Waals surface area contributed by atoms with E-state index in [0.717, 1.165) is 5.69 Å². The van der Waals surface area contributed by atoms with Gasteiger partial charge in [-0.25, -0.2) is 0 Å². The molecule has 8 nitrogen and oxygen atoms in total. The zero-order chi connectivity index (χ0) is 14.8. The Morgan fingerprint density at radius 3 is 2.25 bits per heavy atom. The van der Waals surface area contributed by atoms with Gasteiger partial charge in [-0.05, 0) is 31.2 Å². The second-order valence-electron chi connectivity index (χ2n) is 3.65. The minimum absolute atomic E-state index is 0.0857. The lowest BCUT2D eigenvalue weighted by Gasteiger charge is -2.10. The van der Waals surface area contributed by atoms with E-state index >= 15 is 0 Å². The van der Waals surface area contributed by atoms with Gasteiger partial charge in [-0.3, -0.25) is 0 Å². The highest BCUT2D eigenvalue weighted by Gasteiger charge is 2.07. The number of rotatable bonds is 10. The summed E-state index contributed by atoms with van der Waals surface area (Å²) in [7, 11) is -3.62. The molecule has 1 rings (SSSR count). The van der Waals surface area contributed by atoms with Crippen LogP contribution in [0.15, 0.2) is 24.3 Å². The molecule has 114 valence electrons. The number of anilines is 1. The third-order valence-corrected chi connectivity index (χ3v) is 3.15. The fourth-order valence-electron chi connectivity index (χ4n) is 1.16. The van der Waals surface area contributed by atoms with Gasteiger partial charge in [0.2, 0.25) is 0 Å². The van der Waals surface area contributed by atoms with Crippen LogP contribution in [-0.2, 0) is 19.7 Å². The average molecular weight is 305 g/mol. The van der Waals surface area contributed by atoms with Crippen molar-refractivity contribution in [1.82, 2.24) is 9.44 Å². The smallest absolute Gasteiger partial charge is 0.280 e. The van der Waals surface area contributed by atoms with Crippen LogP contribution in [0.1, 0.15) is 6.92 Å². The molecule has 20 heavy (non-hydrogen) atoms. The van der Waals surface area contributed by atoms with Crippen LogP contribution in [0.25, 0.3) is 0 Å². The van der Waals surface area contributed by atoms with Gasteiger partial charge in [0, 0.05) is 12.3 Å². The van der Waals surface area contributed by atoms with E-state index in [1.54, 1.807) is 19.1 Å². The van der Waals surface area contributed by atoms with Crippen LogP contribution in [0, 0.1) is 0 Å². The highest BCUT2D eigenvalue weighted by atomic mass is 32.2. The maximum absolute atomic E-state index is 11.3. The van der Waals surface area contributed by atoms with Crippen LogP contribution < -0.4 is 14.8 Å². The van der Waals surface area contributed by atoms with Gasteiger partial charge in [0.05, 0.1) is 0 Å². The molecule has 1 aromatic rings. The predicted molar refractivity (Wildman–Crippen MR) is 74.2 cm³/mol. The van der Waals surface area contributed by atoms with Crippen molar-refractivity contribution < 1.29 is 23.0 Å². The number of phenolic OH excluding ortho intramolecular Hbond substituents is 1. The quantitative estimate of drug-likeness (QED) is 0.278. The lowest BCUT2D eigenvalue weighted by Crippen LogP contribution is -2.39. The van der Waals surface area contributed by atoms with E-state index in [1.807, 2.05) is 0 Å². The summed E-state index contributed by atoms with van der Waals surface area (Å²) in [6.45, 7) is 2.05. The van der Waals surface area contributed by atoms with Gasteiger partial charge in [0.1, 0.15) is 25.9 Å². The maximum Gasteiger partial charge on any atom is 0.280 e. The Hall–Kier alpha value is -1.39. The summed E-state index contributed by atoms with van der Waals surface area (Å²) in [5, 5.41) is 12.0. The van der Waals surface area contributed by atoms with Gasteiger partial charge >= 0.3 is 0 Å². The largest absolute Gasteiger partial charge is 0.508 e. The molecule has 0 aliphatic carbocycles. The van der Waals surface area contributed by atoms with E-state index in [4.69, 9.17) is 14.6 Å². The Labute approximate surface area is 118 Å². The first-order chi connectivity index (χ1) is 9.53. The van der Waals surface area contributed by atoms with Gasteiger partial charge in [0.15, 0.2) is 0 Å². The monoisotopic (exact) mass is 305 g/mol. The molecule has 0 fully saturated rings. The van der Waals surface area contributed by atoms with E-state index < -0.39 is 10.2 Å². The molecule has 0 saturated carbocycles. The lowest BCUT2D eigenvalue weighted by molar-refractivity contribution is 0.138. The van der Waals surface area contributed by atoms with E-state index in [9.17, 15) is 8.42 Å². The molecule has 0 heterocycles. The first-order valence-corrected chi connectivity index (χ1v) is 7.44. The molecule has 1 aromatic carbocycles. The first-order valence-electron chi connectivity index (χ1n) is 5.96. The molecular formula is C11H19N3O5S. The molecule has 0 bridgehead atoms. The topological polar surface area (TPSA) is 109 Å². The molecule has 0 aliphatic rings. The number of hydrogen-bond acceptors (Lipinski definition) is 6. The lowest BCUT2D eigenvalue weighted by atomic mass is 10.3. The molecular weight excluding hydrogens is 286 g/mol. The van der Waals surface area contributed by atoms with Crippen LogP contribution in [-0.4, -0.2) is 40.3 Å². The fourth-order valence-corrected chi connectivity index (χ4v) is 1.74. The summed E-state index contributed by atoms with van der Waals surface area (Å²) >= 11 is 0. The third-order valence-electron chi connectivity index (χ3n) is 2.15. The van der Waals surface area contributed by atoms with E-state index in [2.05, 4.69) is 14.8 Å². The highest BCUT2D eigenvalue weighted by Crippen LogP contribution is 2.13. The average Bonchev–Trinajstić information content (AvgIpc) is 2.40. The molecule has 0 aromatic heterocycles. The fraction of sp³-hybridized carbons (Fsp3) is 0.455. The van der Waals surface area contributed by atoms with Crippen LogP contribution in [0.4, 0.5) is 5.69 Å². The molecule has 0 atom stereocenters. The number of aromatic hydroxyl groups is 1. The Balaban J connectivity index is 2.13. The number of benzene rings is 1. The predicted octanol–water partition coefficient (Wildman–Crippen LogP) is 0.154. The molecule has 0 spiro atoms. The standard InChI is InChI=1S/C11H19N3O5S/c1-2-18-8-13-20(16,17)14-9-19-7-12-10-3-5-11(15)6-4-10/h3-6,12-15H,2,7-9H2,1H3. The van der Waals surface area contributed by atoms with Crippen molar-refractivity contribution in [3.8, 4) is 5.75 Å². The Kier molecular flexibility index (Phi) is 7.26. The maximum atomic E-state index is 11.3. The summed E-state index contributed by atoms with van der Waals surface area (Å²) in [5.41, 5.74) is 0.750. The summed E-state index contributed by atoms with van der Waals surface area (Å²) in [5.74, 6) is 0.171. The van der Waals surface area contributed by atoms with Gasteiger partial charge in [-0.1, -0.05) is 0 Å². The zero-order valence-corrected chi connectivity index (χ0v) is 11.9. The minimum Gasteiger partial charge on any atom is -0.508 e. The third kappa shape index (κ3) is 7.26. The second-order valence-corrected chi connectivity index (χ2v) is 5.23. The zero-order valence-electron chi connectivity index (χ0n) is 11.1. The van der Waals surface area contributed by atoms with Crippen molar-refractivity contribution >= 4 is 15.9 Å². The second kappa shape index (κ2) is 8.72. The molecule has 9 heteroatoms. The molecule has 0 radical (unpaired) electrons. The molecule has 0 aliphatic heterocycles. The minimum atomic E-state index is -3.62. The molecule has 0 saturated heterocycles. The summed E-state index contributed by atoms with van der Waals surface area (Å²) in [4.78, 5) is 0. The Morgan fingerprint density at radius 1 is 1.05 bits per heavy atom. The van der Waals surface area contributed by atoms with Crippen molar-refractivity contribution in [2.24, 2.45) is 0 Å². The van der Waals surface area contributed by atoms with E-state index in [1.165, 1.54) is 12.1 Å². The number of nitrogens with one attached hydrogen (secondary N) is 3. The normalized spacial score (nSPS) is 11.4. The van der Waals surface area contributed by atoms with Gasteiger partial charge < -0.3 is 19.9 Å². The van der Waals surface area contributed by atoms with Crippen molar-refractivity contribution in [3.63, 3.8) is 0 Å². The van der Waals surface area contributed by atoms with Crippen LogP contribution in [0.5, 0.6) is 5.75 Å². The Bertz CT molecular complexity index is 477. The van der Waals surface area contributed by atoms with Gasteiger partial charge in [-0.15, -0.1) is 0 Å². The number of ether oxygens (including phenoxy) is 2. The number of phenols is 1. The number of hydrogen-bond donors (Lipinski definition) is 4. The Morgan fingerprint density at radius 2 is 1.65 bits per heavy atom. The van der Waals surface area contributed by atoms with Gasteiger partial charge in [-0.2, -0.15) is 17.9 Å². The van der Waals surface area contributed by atoms with Crippen LogP contribution in [0.2, 0.25) is 0 Å². The summed E-state index contributed by atoms with van der Waals surface area (Å²) in [6.07, 6.45) is 0. The summed E-state index contributed by atoms with van der Waals surface area (Å²) in [6, 6.07) is 6.41. The molecule has 4 N–H and O–H groups in total. The highest BCUT2D eigenvalue weighted by molar-refractivity contribution is 7.87. The van der Waals surface area contributed by atoms with E-state index in [0.29, 0.717) is 6.61 Å². The first kappa shape index (κ1) is 16.7. The summed E-state index contributed by atoms with van der Waals surface area (Å²) < 4.78 is 37.0. The van der Waals surface area contributed by atoms with Crippen LogP contribution >= 0.6 is 0 Å². The molecule has 0 unspecified atom stereocenters. The van der Waals surface area contributed by atoms with Crippen molar-refractivity contribution in [2.75, 3.05) is 32.1 Å². The van der Waals surface area contributed by atoms with E-state index in [-0.39, 0.29) is 25.9 Å². The van der Waals surface area contributed by atoms with Crippen molar-refractivity contribution in [3.05, 3.63) is 24.3 Å².